The molecule has 20 heavy (non-hydrogen) atoms. The van der Waals surface area contributed by atoms with Gasteiger partial charge in [-0.25, -0.2) is 0 Å². The van der Waals surface area contributed by atoms with Gasteiger partial charge in [-0.15, -0.1) is 0 Å². The Morgan fingerprint density at radius 3 is 3.00 bits per heavy atom. The molecule has 2 aromatic rings. The van der Waals surface area contributed by atoms with E-state index in [2.05, 4.69) is 34.1 Å². The van der Waals surface area contributed by atoms with Crippen LogP contribution in [0.15, 0.2) is 24.3 Å². The van der Waals surface area contributed by atoms with Crippen molar-refractivity contribution in [3.05, 3.63) is 35.5 Å². The average Bonchev–Trinajstić information content (AvgIpc) is 2.85. The lowest BCUT2D eigenvalue weighted by atomic mass is 9.77. The number of para-hydroxylation sites is 1. The monoisotopic (exact) mass is 268 g/mol. The van der Waals surface area contributed by atoms with E-state index >= 15 is 0 Å². The van der Waals surface area contributed by atoms with Crippen LogP contribution in [0, 0.1) is 5.92 Å². The number of piperidine rings is 1. The zero-order chi connectivity index (χ0) is 13.7. The van der Waals surface area contributed by atoms with Crippen molar-refractivity contribution < 1.29 is 4.79 Å². The topological polar surface area (TPSA) is 36.1 Å². The molecule has 1 fully saturated rings. The Bertz CT molecular complexity index is 673. The van der Waals surface area contributed by atoms with Gasteiger partial charge in [-0.1, -0.05) is 18.2 Å². The van der Waals surface area contributed by atoms with Crippen LogP contribution in [-0.4, -0.2) is 22.3 Å². The predicted octanol–water partition coefficient (Wildman–Crippen LogP) is 3.41. The number of rotatable bonds is 0. The number of amides is 1. The van der Waals surface area contributed by atoms with E-state index in [1.807, 2.05) is 0 Å². The second-order valence-corrected chi connectivity index (χ2v) is 6.16. The number of hydrogen-bond donors (Lipinski definition) is 1. The number of fused-ring (bicyclic) bond motifs is 5. The summed E-state index contributed by atoms with van der Waals surface area (Å²) in [5.41, 5.74) is 3.96. The first-order valence-corrected chi connectivity index (χ1v) is 7.62. The van der Waals surface area contributed by atoms with Crippen molar-refractivity contribution in [3.63, 3.8) is 0 Å². The lowest BCUT2D eigenvalue weighted by Gasteiger charge is -2.43. The van der Waals surface area contributed by atoms with Crippen molar-refractivity contribution in [2.24, 2.45) is 5.92 Å². The number of H-pyrrole nitrogens is 1. The fourth-order valence-corrected chi connectivity index (χ4v) is 4.19. The number of hydrogen-bond acceptors (Lipinski definition) is 1. The van der Waals surface area contributed by atoms with Gasteiger partial charge in [0, 0.05) is 30.1 Å². The number of nitrogens with zero attached hydrogens (tertiary/aromatic N) is 1. The smallest absolute Gasteiger partial charge is 0.220 e. The van der Waals surface area contributed by atoms with Crippen LogP contribution in [0.3, 0.4) is 0 Å². The van der Waals surface area contributed by atoms with Crippen molar-refractivity contribution in [3.8, 4) is 0 Å². The molecule has 1 aromatic heterocycles. The zero-order valence-corrected chi connectivity index (χ0v) is 11.9. The molecule has 2 atom stereocenters. The number of aryl methyl sites for hydroxylation is 1. The SMILES string of the molecule is CC(=O)N1CCCC2CCc3c([nH]c4ccccc34)C21. The summed E-state index contributed by atoms with van der Waals surface area (Å²) in [6.07, 6.45) is 4.76. The summed E-state index contributed by atoms with van der Waals surface area (Å²) in [7, 11) is 0. The van der Waals surface area contributed by atoms with Gasteiger partial charge in [0.05, 0.1) is 6.04 Å². The first-order chi connectivity index (χ1) is 9.75. The standard InChI is InChI=1S/C17H20N2O/c1-11(20)19-10-4-5-12-8-9-14-13-6-2-3-7-15(13)18-16(14)17(12)19/h2-3,6-7,12,17-18H,4-5,8-10H2,1H3. The lowest BCUT2D eigenvalue weighted by Crippen LogP contribution is -2.43. The maximum Gasteiger partial charge on any atom is 0.220 e. The Morgan fingerprint density at radius 1 is 1.30 bits per heavy atom. The van der Waals surface area contributed by atoms with Crippen molar-refractivity contribution in [1.82, 2.24) is 9.88 Å². The Hall–Kier alpha value is -1.77. The third-order valence-corrected chi connectivity index (χ3v) is 5.07. The van der Waals surface area contributed by atoms with Crippen LogP contribution in [0.2, 0.25) is 0 Å². The number of nitrogens with one attached hydrogen (secondary N) is 1. The summed E-state index contributed by atoms with van der Waals surface area (Å²) in [6.45, 7) is 2.62. The van der Waals surface area contributed by atoms with Crippen molar-refractivity contribution in [2.75, 3.05) is 6.54 Å². The maximum absolute atomic E-state index is 12.0. The van der Waals surface area contributed by atoms with E-state index in [4.69, 9.17) is 0 Å². The Labute approximate surface area is 119 Å². The molecule has 104 valence electrons. The van der Waals surface area contributed by atoms with Crippen LogP contribution < -0.4 is 0 Å². The lowest BCUT2D eigenvalue weighted by molar-refractivity contribution is -0.134. The van der Waals surface area contributed by atoms with Crippen molar-refractivity contribution >= 4 is 16.8 Å². The molecule has 1 saturated heterocycles. The molecule has 3 heteroatoms. The number of carbonyl (C=O) groups is 1. The molecule has 0 radical (unpaired) electrons. The van der Waals surface area contributed by atoms with E-state index in [1.165, 1.54) is 35.0 Å². The van der Waals surface area contributed by atoms with Gasteiger partial charge in [0.15, 0.2) is 0 Å². The molecular weight excluding hydrogens is 248 g/mol. The van der Waals surface area contributed by atoms with Crippen LogP contribution in [0.1, 0.15) is 43.5 Å². The molecule has 2 heterocycles. The zero-order valence-electron chi connectivity index (χ0n) is 11.9. The first kappa shape index (κ1) is 12.0. The Kier molecular flexibility index (Phi) is 2.62. The number of likely N-dealkylation sites (tertiary alicyclic amines) is 1. The molecule has 1 N–H and O–H groups in total. The highest BCUT2D eigenvalue weighted by atomic mass is 16.2. The first-order valence-electron chi connectivity index (χ1n) is 7.62. The highest BCUT2D eigenvalue weighted by Gasteiger charge is 2.39. The van der Waals surface area contributed by atoms with E-state index in [-0.39, 0.29) is 11.9 Å². The van der Waals surface area contributed by atoms with Gasteiger partial charge in [-0.05, 0) is 43.2 Å². The fourth-order valence-electron chi connectivity index (χ4n) is 4.19. The molecule has 2 unspecified atom stereocenters. The molecule has 0 bridgehead atoms. The summed E-state index contributed by atoms with van der Waals surface area (Å²) in [5.74, 6) is 0.847. The minimum atomic E-state index is 0.214. The second kappa shape index (κ2) is 4.37. The highest BCUT2D eigenvalue weighted by Crippen LogP contribution is 2.45. The van der Waals surface area contributed by atoms with E-state index in [0.29, 0.717) is 5.92 Å². The molecule has 1 aliphatic heterocycles. The molecule has 4 rings (SSSR count). The van der Waals surface area contributed by atoms with E-state index in [1.54, 1.807) is 6.92 Å². The van der Waals surface area contributed by atoms with Crippen LogP contribution in [-0.2, 0) is 11.2 Å². The van der Waals surface area contributed by atoms with Crippen LogP contribution in [0.5, 0.6) is 0 Å². The molecule has 0 spiro atoms. The molecule has 1 amide bonds. The third-order valence-electron chi connectivity index (χ3n) is 5.07. The normalized spacial score (nSPS) is 25.4. The second-order valence-electron chi connectivity index (χ2n) is 6.16. The maximum atomic E-state index is 12.0. The number of aromatic amines is 1. The molecule has 1 aromatic carbocycles. The molecule has 0 saturated carbocycles. The minimum Gasteiger partial charge on any atom is -0.356 e. The molecule has 1 aliphatic carbocycles. The van der Waals surface area contributed by atoms with E-state index < -0.39 is 0 Å². The number of benzene rings is 1. The van der Waals surface area contributed by atoms with Gasteiger partial charge < -0.3 is 9.88 Å². The van der Waals surface area contributed by atoms with E-state index in [9.17, 15) is 4.79 Å². The number of carbonyl (C=O) groups excluding carboxylic acids is 1. The van der Waals surface area contributed by atoms with Gasteiger partial charge in [0.25, 0.3) is 0 Å². The number of aromatic nitrogens is 1. The minimum absolute atomic E-state index is 0.214. The third kappa shape index (κ3) is 1.62. The van der Waals surface area contributed by atoms with Gasteiger partial charge >= 0.3 is 0 Å². The summed E-state index contributed by atoms with van der Waals surface area (Å²) < 4.78 is 0. The van der Waals surface area contributed by atoms with Crippen molar-refractivity contribution in [1.29, 1.82) is 0 Å². The Morgan fingerprint density at radius 2 is 2.15 bits per heavy atom. The van der Waals surface area contributed by atoms with Gasteiger partial charge in [-0.3, -0.25) is 4.79 Å². The van der Waals surface area contributed by atoms with Gasteiger partial charge in [0.2, 0.25) is 5.91 Å². The van der Waals surface area contributed by atoms with Gasteiger partial charge in [-0.2, -0.15) is 0 Å². The van der Waals surface area contributed by atoms with Crippen molar-refractivity contribution in [2.45, 2.75) is 38.6 Å². The Balaban J connectivity index is 1.88. The van der Waals surface area contributed by atoms with Crippen LogP contribution >= 0.6 is 0 Å². The largest absolute Gasteiger partial charge is 0.356 e. The average molecular weight is 268 g/mol. The van der Waals surface area contributed by atoms with Crippen LogP contribution in [0.25, 0.3) is 10.9 Å². The predicted molar refractivity (Wildman–Crippen MR) is 79.5 cm³/mol. The van der Waals surface area contributed by atoms with Crippen LogP contribution in [0.4, 0.5) is 0 Å². The fraction of sp³-hybridized carbons (Fsp3) is 0.471. The highest BCUT2D eigenvalue weighted by molar-refractivity contribution is 5.85. The van der Waals surface area contributed by atoms with E-state index in [0.717, 1.165) is 19.4 Å². The molecule has 2 aliphatic rings. The molecule has 3 nitrogen and oxygen atoms in total. The summed E-state index contributed by atoms with van der Waals surface area (Å²) in [4.78, 5) is 17.7. The summed E-state index contributed by atoms with van der Waals surface area (Å²) in [5, 5.41) is 1.34. The summed E-state index contributed by atoms with van der Waals surface area (Å²) >= 11 is 0. The van der Waals surface area contributed by atoms with Gasteiger partial charge in [0.1, 0.15) is 0 Å². The molecular formula is C17H20N2O. The summed E-state index contributed by atoms with van der Waals surface area (Å²) in [6, 6.07) is 8.80. The quantitative estimate of drug-likeness (QED) is 0.781.